The first-order valence-electron chi connectivity index (χ1n) is 8.14. The molecule has 7 heteroatoms. The average Bonchev–Trinajstić information content (AvgIpc) is 2.34. The molecule has 0 aliphatic heterocycles. The summed E-state index contributed by atoms with van der Waals surface area (Å²) in [7, 11) is 0. The van der Waals surface area contributed by atoms with Crippen LogP contribution in [0.5, 0.6) is 0 Å². The number of carbonyl (C=O) groups excluding carboxylic acids is 1. The summed E-state index contributed by atoms with van der Waals surface area (Å²) in [5.41, 5.74) is -0.219. The minimum Gasteiger partial charge on any atom is -0.480 e. The van der Waals surface area contributed by atoms with Crippen LogP contribution in [0.1, 0.15) is 45.6 Å². The number of aliphatic carboxylic acids is 1. The van der Waals surface area contributed by atoms with Crippen molar-refractivity contribution in [2.75, 3.05) is 0 Å². The number of ether oxygens (including phenoxy) is 1. The summed E-state index contributed by atoms with van der Waals surface area (Å²) < 4.78 is 5.19. The van der Waals surface area contributed by atoms with E-state index < -0.39 is 29.1 Å². The van der Waals surface area contributed by atoms with Crippen molar-refractivity contribution < 1.29 is 19.4 Å². The van der Waals surface area contributed by atoms with Gasteiger partial charge in [0.05, 0.1) is 0 Å². The van der Waals surface area contributed by atoms with Gasteiger partial charge >= 0.3 is 12.1 Å². The fourth-order valence-corrected chi connectivity index (χ4v) is 4.89. The van der Waals surface area contributed by atoms with Gasteiger partial charge in [-0.05, 0) is 63.1 Å². The zero-order valence-electron chi connectivity index (χ0n) is 14.4. The molecular formula is C18H21Cl2NO4. The quantitative estimate of drug-likeness (QED) is 0.805. The van der Waals surface area contributed by atoms with E-state index in [4.69, 9.17) is 27.9 Å². The summed E-state index contributed by atoms with van der Waals surface area (Å²) in [6.07, 6.45) is 1.32. The number of hydrogen-bond acceptors (Lipinski definition) is 3. The van der Waals surface area contributed by atoms with Gasteiger partial charge in [-0.25, -0.2) is 9.59 Å². The van der Waals surface area contributed by atoms with Crippen molar-refractivity contribution in [1.29, 1.82) is 0 Å². The highest BCUT2D eigenvalue weighted by Crippen LogP contribution is 2.75. The molecule has 3 aliphatic carbocycles. The number of halogens is 2. The van der Waals surface area contributed by atoms with Crippen molar-refractivity contribution in [2.45, 2.75) is 57.1 Å². The Morgan fingerprint density at radius 1 is 1.24 bits per heavy atom. The lowest BCUT2D eigenvalue weighted by Gasteiger charge is -2.72. The first-order chi connectivity index (χ1) is 11.5. The molecule has 25 heavy (non-hydrogen) atoms. The molecule has 0 aromatic heterocycles. The molecule has 1 amide bonds. The summed E-state index contributed by atoms with van der Waals surface area (Å²) in [4.78, 5) is 23.7. The molecular weight excluding hydrogens is 365 g/mol. The van der Waals surface area contributed by atoms with Crippen LogP contribution in [0.15, 0.2) is 18.2 Å². The van der Waals surface area contributed by atoms with Gasteiger partial charge in [0.15, 0.2) is 0 Å². The Bertz CT molecular complexity index is 721. The molecule has 3 aliphatic rings. The second-order valence-electron chi connectivity index (χ2n) is 8.21. The molecule has 0 saturated heterocycles. The third kappa shape index (κ3) is 3.20. The number of hydrogen-bond donors (Lipinski definition) is 2. The molecule has 1 aromatic rings. The summed E-state index contributed by atoms with van der Waals surface area (Å²) >= 11 is 12.3. The van der Waals surface area contributed by atoms with Gasteiger partial charge in [0, 0.05) is 15.5 Å². The third-order valence-electron chi connectivity index (χ3n) is 5.09. The predicted molar refractivity (Wildman–Crippen MR) is 95.2 cm³/mol. The molecule has 136 valence electrons. The highest BCUT2D eigenvalue weighted by molar-refractivity contribution is 6.35. The number of benzene rings is 1. The average molecular weight is 386 g/mol. The van der Waals surface area contributed by atoms with Crippen LogP contribution < -0.4 is 5.32 Å². The molecule has 0 radical (unpaired) electrons. The Kier molecular flexibility index (Phi) is 4.24. The first kappa shape index (κ1) is 18.3. The van der Waals surface area contributed by atoms with Crippen molar-refractivity contribution in [3.63, 3.8) is 0 Å². The van der Waals surface area contributed by atoms with Gasteiger partial charge in [-0.15, -0.1) is 0 Å². The van der Waals surface area contributed by atoms with E-state index >= 15 is 0 Å². The standard InChI is InChI=1S/C18H21Cl2NO4/c1-16(2,3)25-15(24)21-13(14(22)23)18-7-17(8-18,9-18)11-5-4-10(19)6-12(11)20/h4-6,13H,7-9H2,1-3H3,(H,21,24)(H,22,23). The van der Waals surface area contributed by atoms with E-state index in [1.165, 1.54) is 0 Å². The predicted octanol–water partition coefficient (Wildman–Crippen LogP) is 4.39. The summed E-state index contributed by atoms with van der Waals surface area (Å²) in [6, 6.07) is 4.45. The maximum absolute atomic E-state index is 12.0. The van der Waals surface area contributed by atoms with Gasteiger partial charge in [-0.3, -0.25) is 0 Å². The molecule has 5 nitrogen and oxygen atoms in total. The molecule has 3 saturated carbocycles. The van der Waals surface area contributed by atoms with Crippen LogP contribution in [0, 0.1) is 5.41 Å². The van der Waals surface area contributed by atoms with Gasteiger partial charge in [-0.2, -0.15) is 0 Å². The Morgan fingerprint density at radius 3 is 2.32 bits per heavy atom. The lowest BCUT2D eigenvalue weighted by Crippen LogP contribution is -2.73. The van der Waals surface area contributed by atoms with Crippen LogP contribution in [0.4, 0.5) is 4.79 Å². The molecule has 2 N–H and O–H groups in total. The zero-order valence-corrected chi connectivity index (χ0v) is 15.9. The molecule has 4 rings (SSSR count). The third-order valence-corrected chi connectivity index (χ3v) is 5.64. The normalized spacial score (nSPS) is 28.4. The van der Waals surface area contributed by atoms with E-state index in [1.807, 2.05) is 6.07 Å². The van der Waals surface area contributed by atoms with E-state index in [2.05, 4.69) is 5.32 Å². The van der Waals surface area contributed by atoms with E-state index in [0.717, 1.165) is 5.56 Å². The molecule has 3 fully saturated rings. The first-order valence-corrected chi connectivity index (χ1v) is 8.90. The smallest absolute Gasteiger partial charge is 0.408 e. The number of carboxylic acid groups (broad SMARTS) is 1. The number of carbonyl (C=O) groups is 2. The monoisotopic (exact) mass is 385 g/mol. The molecule has 0 spiro atoms. The zero-order chi connectivity index (χ0) is 18.6. The van der Waals surface area contributed by atoms with Crippen molar-refractivity contribution in [3.05, 3.63) is 33.8 Å². The van der Waals surface area contributed by atoms with Gasteiger partial charge in [0.1, 0.15) is 11.6 Å². The number of alkyl carbamates (subject to hydrolysis) is 1. The van der Waals surface area contributed by atoms with Gasteiger partial charge in [0.25, 0.3) is 0 Å². The fraction of sp³-hybridized carbons (Fsp3) is 0.556. The number of carboxylic acids is 1. The van der Waals surface area contributed by atoms with Gasteiger partial charge in [-0.1, -0.05) is 29.3 Å². The fourth-order valence-electron chi connectivity index (χ4n) is 4.28. The summed E-state index contributed by atoms with van der Waals surface area (Å²) in [5, 5.41) is 13.3. The van der Waals surface area contributed by atoms with Crippen molar-refractivity contribution in [2.24, 2.45) is 5.41 Å². The van der Waals surface area contributed by atoms with E-state index in [9.17, 15) is 14.7 Å². The maximum Gasteiger partial charge on any atom is 0.408 e. The Hall–Kier alpha value is -1.46. The Morgan fingerprint density at radius 2 is 1.84 bits per heavy atom. The highest BCUT2D eigenvalue weighted by atomic mass is 35.5. The highest BCUT2D eigenvalue weighted by Gasteiger charge is 2.73. The Labute approximate surface area is 156 Å². The molecule has 0 heterocycles. The lowest BCUT2D eigenvalue weighted by atomic mass is 9.31. The van der Waals surface area contributed by atoms with Gasteiger partial charge in [0.2, 0.25) is 0 Å². The van der Waals surface area contributed by atoms with Crippen molar-refractivity contribution in [3.8, 4) is 0 Å². The van der Waals surface area contributed by atoms with Crippen LogP contribution >= 0.6 is 23.2 Å². The van der Waals surface area contributed by atoms with Gasteiger partial charge < -0.3 is 15.2 Å². The SMILES string of the molecule is CC(C)(C)OC(=O)NC(C(=O)O)C12CC(c3ccc(Cl)cc3Cl)(C1)C2. The summed E-state index contributed by atoms with van der Waals surface area (Å²) in [5.74, 6) is -1.04. The van der Waals surface area contributed by atoms with Crippen LogP contribution in [0.25, 0.3) is 0 Å². The Balaban J connectivity index is 1.71. The minimum absolute atomic E-state index is 0.106. The number of nitrogens with one attached hydrogen (secondary N) is 1. The largest absolute Gasteiger partial charge is 0.480 e. The minimum atomic E-state index is -1.04. The van der Waals surface area contributed by atoms with Crippen molar-refractivity contribution in [1.82, 2.24) is 5.32 Å². The second kappa shape index (κ2) is 5.78. The van der Waals surface area contributed by atoms with Crippen LogP contribution in [0.3, 0.4) is 0 Å². The molecule has 2 bridgehead atoms. The number of amides is 1. The maximum atomic E-state index is 12.0. The lowest BCUT2D eigenvalue weighted by molar-refractivity contribution is -0.183. The van der Waals surface area contributed by atoms with Crippen LogP contribution in [-0.2, 0) is 14.9 Å². The van der Waals surface area contributed by atoms with E-state index in [0.29, 0.717) is 29.3 Å². The van der Waals surface area contributed by atoms with Crippen LogP contribution in [-0.4, -0.2) is 28.8 Å². The molecule has 1 unspecified atom stereocenters. The second-order valence-corrected chi connectivity index (χ2v) is 9.06. The van der Waals surface area contributed by atoms with Crippen molar-refractivity contribution >= 4 is 35.3 Å². The van der Waals surface area contributed by atoms with Crippen LogP contribution in [0.2, 0.25) is 10.0 Å². The molecule has 1 aromatic carbocycles. The van der Waals surface area contributed by atoms with E-state index in [1.54, 1.807) is 32.9 Å². The summed E-state index contributed by atoms with van der Waals surface area (Å²) in [6.45, 7) is 5.21. The topological polar surface area (TPSA) is 75.6 Å². The number of rotatable bonds is 4. The molecule has 1 atom stereocenters. The van der Waals surface area contributed by atoms with E-state index in [-0.39, 0.29) is 5.41 Å².